The molecule has 0 aromatic rings. The summed E-state index contributed by atoms with van der Waals surface area (Å²) in [6.45, 7) is 9.61. The minimum absolute atomic E-state index is 0.882. The lowest BCUT2D eigenvalue weighted by molar-refractivity contribution is 0.199. The minimum Gasteiger partial charge on any atom is -0.0654 e. The third-order valence-corrected chi connectivity index (χ3v) is 4.77. The standard InChI is InChI=1S/C13H24/c1-5-6-12(10(4)9(2)3)13-7-11(13)8-13/h9-12H,5-8H2,1-4H3. The maximum atomic E-state index is 2.48. The van der Waals surface area contributed by atoms with Crippen LogP contribution in [0, 0.1) is 29.1 Å². The van der Waals surface area contributed by atoms with Crippen molar-refractivity contribution < 1.29 is 0 Å². The number of rotatable bonds is 5. The highest BCUT2D eigenvalue weighted by Crippen LogP contribution is 2.80. The molecule has 0 heterocycles. The third-order valence-electron chi connectivity index (χ3n) is 4.77. The molecular weight excluding hydrogens is 156 g/mol. The van der Waals surface area contributed by atoms with Crippen LogP contribution in [0.2, 0.25) is 0 Å². The Morgan fingerprint density at radius 2 is 1.77 bits per heavy atom. The number of hydrogen-bond donors (Lipinski definition) is 0. The maximum absolute atomic E-state index is 2.48. The summed E-state index contributed by atoms with van der Waals surface area (Å²) in [5.74, 6) is 4.06. The van der Waals surface area contributed by atoms with Gasteiger partial charge >= 0.3 is 0 Å². The third kappa shape index (κ3) is 1.43. The molecule has 0 amide bonds. The summed E-state index contributed by atoms with van der Waals surface area (Å²) >= 11 is 0. The largest absolute Gasteiger partial charge is 0.0654 e. The molecule has 2 unspecified atom stereocenters. The first-order valence-corrected chi connectivity index (χ1v) is 6.12. The average molecular weight is 180 g/mol. The average Bonchev–Trinajstić information content (AvgIpc) is 2.85. The van der Waals surface area contributed by atoms with Crippen molar-refractivity contribution in [2.75, 3.05) is 0 Å². The normalized spacial score (nSPS) is 39.9. The van der Waals surface area contributed by atoms with Crippen LogP contribution < -0.4 is 0 Å². The first kappa shape index (κ1) is 9.55. The Hall–Kier alpha value is 0. The predicted octanol–water partition coefficient (Wildman–Crippen LogP) is 4.10. The molecule has 0 spiro atoms. The van der Waals surface area contributed by atoms with Gasteiger partial charge in [0.15, 0.2) is 0 Å². The minimum atomic E-state index is 0.882. The quantitative estimate of drug-likeness (QED) is 0.597. The molecular formula is C13H24. The SMILES string of the molecule is CCCC(C(C)C(C)C)C12CC1C2. The highest BCUT2D eigenvalue weighted by Gasteiger charge is 2.72. The second-order valence-corrected chi connectivity index (χ2v) is 5.84. The summed E-state index contributed by atoms with van der Waals surface area (Å²) in [6.07, 6.45) is 6.02. The van der Waals surface area contributed by atoms with Crippen LogP contribution in [0.15, 0.2) is 0 Å². The van der Waals surface area contributed by atoms with Gasteiger partial charge in [-0.3, -0.25) is 0 Å². The van der Waals surface area contributed by atoms with Crippen LogP contribution in [-0.4, -0.2) is 0 Å². The van der Waals surface area contributed by atoms with Crippen molar-refractivity contribution >= 4 is 0 Å². The molecule has 0 radical (unpaired) electrons. The zero-order chi connectivity index (χ0) is 9.64. The molecule has 2 aliphatic carbocycles. The fraction of sp³-hybridized carbons (Fsp3) is 1.00. The Morgan fingerprint density at radius 1 is 1.23 bits per heavy atom. The van der Waals surface area contributed by atoms with E-state index in [-0.39, 0.29) is 0 Å². The number of hydrogen-bond acceptors (Lipinski definition) is 0. The van der Waals surface area contributed by atoms with Crippen molar-refractivity contribution in [2.45, 2.75) is 53.4 Å². The van der Waals surface area contributed by atoms with E-state index in [0.29, 0.717) is 0 Å². The molecule has 2 saturated carbocycles. The molecule has 0 saturated heterocycles. The topological polar surface area (TPSA) is 0 Å². The van der Waals surface area contributed by atoms with Crippen LogP contribution in [-0.2, 0) is 0 Å². The van der Waals surface area contributed by atoms with E-state index in [9.17, 15) is 0 Å². The Labute approximate surface area is 83.1 Å². The Balaban J connectivity index is 1.97. The molecule has 0 aromatic heterocycles. The predicted molar refractivity (Wildman–Crippen MR) is 57.6 cm³/mol. The van der Waals surface area contributed by atoms with E-state index in [1.807, 2.05) is 0 Å². The lowest BCUT2D eigenvalue weighted by Crippen LogP contribution is -2.22. The summed E-state index contributed by atoms with van der Waals surface area (Å²) in [6, 6.07) is 0. The lowest BCUT2D eigenvalue weighted by Gasteiger charge is -2.29. The smallest absolute Gasteiger partial charge is 0.0232 e. The molecule has 2 rings (SSSR count). The molecule has 13 heavy (non-hydrogen) atoms. The molecule has 2 atom stereocenters. The van der Waals surface area contributed by atoms with Crippen molar-refractivity contribution in [1.82, 2.24) is 0 Å². The van der Waals surface area contributed by atoms with Crippen LogP contribution in [0.3, 0.4) is 0 Å². The van der Waals surface area contributed by atoms with Crippen molar-refractivity contribution in [3.05, 3.63) is 0 Å². The Morgan fingerprint density at radius 3 is 2.08 bits per heavy atom. The van der Waals surface area contributed by atoms with E-state index < -0.39 is 0 Å². The van der Waals surface area contributed by atoms with Crippen molar-refractivity contribution in [2.24, 2.45) is 29.1 Å². The maximum Gasteiger partial charge on any atom is -0.0232 e. The van der Waals surface area contributed by atoms with Crippen molar-refractivity contribution in [3.63, 3.8) is 0 Å². The molecule has 0 bridgehead atoms. The van der Waals surface area contributed by atoms with Gasteiger partial charge in [0.25, 0.3) is 0 Å². The van der Waals surface area contributed by atoms with Gasteiger partial charge in [0.1, 0.15) is 0 Å². The van der Waals surface area contributed by atoms with Crippen molar-refractivity contribution in [1.29, 1.82) is 0 Å². The molecule has 2 aliphatic rings. The van der Waals surface area contributed by atoms with E-state index in [1.54, 1.807) is 12.8 Å². The molecule has 0 heteroatoms. The fourth-order valence-electron chi connectivity index (χ4n) is 3.19. The monoisotopic (exact) mass is 180 g/mol. The van der Waals surface area contributed by atoms with Gasteiger partial charge in [-0.25, -0.2) is 0 Å². The van der Waals surface area contributed by atoms with Gasteiger partial charge in [-0.05, 0) is 48.3 Å². The second kappa shape index (κ2) is 3.00. The van der Waals surface area contributed by atoms with Crippen LogP contribution in [0.5, 0.6) is 0 Å². The molecule has 2 fully saturated rings. The first-order chi connectivity index (χ1) is 6.12. The van der Waals surface area contributed by atoms with E-state index in [0.717, 1.165) is 23.2 Å². The van der Waals surface area contributed by atoms with E-state index >= 15 is 0 Å². The van der Waals surface area contributed by atoms with Gasteiger partial charge in [-0.2, -0.15) is 0 Å². The van der Waals surface area contributed by atoms with Crippen molar-refractivity contribution in [3.8, 4) is 0 Å². The number of fused-ring (bicyclic) bond motifs is 1. The second-order valence-electron chi connectivity index (χ2n) is 5.84. The van der Waals surface area contributed by atoms with Gasteiger partial charge in [-0.15, -0.1) is 0 Å². The van der Waals surface area contributed by atoms with E-state index in [1.165, 1.54) is 18.8 Å². The summed E-state index contributed by atoms with van der Waals surface area (Å²) in [7, 11) is 0. The zero-order valence-electron chi connectivity index (χ0n) is 9.64. The van der Waals surface area contributed by atoms with Crippen LogP contribution in [0.25, 0.3) is 0 Å². The van der Waals surface area contributed by atoms with Gasteiger partial charge in [0, 0.05) is 0 Å². The van der Waals surface area contributed by atoms with Gasteiger partial charge in [0.05, 0.1) is 0 Å². The molecule has 0 nitrogen and oxygen atoms in total. The Kier molecular flexibility index (Phi) is 2.20. The van der Waals surface area contributed by atoms with Crippen LogP contribution in [0.1, 0.15) is 53.4 Å². The van der Waals surface area contributed by atoms with E-state index in [4.69, 9.17) is 0 Å². The van der Waals surface area contributed by atoms with E-state index in [2.05, 4.69) is 27.7 Å². The van der Waals surface area contributed by atoms with Gasteiger partial charge in [0.2, 0.25) is 0 Å². The highest BCUT2D eigenvalue weighted by atomic mass is 14.8. The summed E-state index contributed by atoms with van der Waals surface area (Å²) in [4.78, 5) is 0. The molecule has 76 valence electrons. The van der Waals surface area contributed by atoms with Gasteiger partial charge < -0.3 is 0 Å². The van der Waals surface area contributed by atoms with Crippen LogP contribution >= 0.6 is 0 Å². The summed E-state index contributed by atoms with van der Waals surface area (Å²) in [5.41, 5.74) is 0.889. The summed E-state index contributed by atoms with van der Waals surface area (Å²) in [5, 5.41) is 0. The molecule has 0 N–H and O–H groups in total. The highest BCUT2D eigenvalue weighted by molar-refractivity contribution is 5.21. The lowest BCUT2D eigenvalue weighted by atomic mass is 9.76. The summed E-state index contributed by atoms with van der Waals surface area (Å²) < 4.78 is 0. The van der Waals surface area contributed by atoms with Crippen LogP contribution in [0.4, 0.5) is 0 Å². The molecule has 0 aliphatic heterocycles. The van der Waals surface area contributed by atoms with Gasteiger partial charge in [-0.1, -0.05) is 34.1 Å². The molecule has 0 aromatic carbocycles. The Bertz CT molecular complexity index is 186. The zero-order valence-corrected chi connectivity index (χ0v) is 9.64. The first-order valence-electron chi connectivity index (χ1n) is 6.12. The fourth-order valence-corrected chi connectivity index (χ4v) is 3.19.